The minimum atomic E-state index is 0.824. The van der Waals surface area contributed by atoms with Crippen molar-refractivity contribution < 1.29 is 0 Å². The quantitative estimate of drug-likeness (QED) is 0.781. The molecule has 1 N–H and O–H groups in total. The van der Waals surface area contributed by atoms with Crippen molar-refractivity contribution in [3.63, 3.8) is 0 Å². The van der Waals surface area contributed by atoms with Crippen LogP contribution < -0.4 is 10.2 Å². The molecule has 1 heterocycles. The van der Waals surface area contributed by atoms with E-state index in [1.54, 1.807) is 0 Å². The summed E-state index contributed by atoms with van der Waals surface area (Å²) in [5.74, 6) is 0.982. The van der Waals surface area contributed by atoms with E-state index in [1.165, 1.54) is 11.3 Å². The molecule has 3 heteroatoms. The molecule has 0 aliphatic heterocycles. The highest BCUT2D eigenvalue weighted by Gasteiger charge is 2.06. The van der Waals surface area contributed by atoms with E-state index < -0.39 is 0 Å². The Morgan fingerprint density at radius 1 is 1.05 bits per heavy atom. The molecule has 1 aromatic carbocycles. The van der Waals surface area contributed by atoms with Crippen molar-refractivity contribution in [3.05, 3.63) is 53.7 Å². The molecule has 0 amide bonds. The molecule has 0 radical (unpaired) electrons. The molecule has 112 valence electrons. The fourth-order valence-corrected chi connectivity index (χ4v) is 2.23. The van der Waals surface area contributed by atoms with E-state index in [4.69, 9.17) is 4.98 Å². The van der Waals surface area contributed by atoms with E-state index >= 15 is 0 Å². The molecule has 0 saturated heterocycles. The number of hydrogen-bond donors (Lipinski definition) is 1. The summed E-state index contributed by atoms with van der Waals surface area (Å²) in [6.45, 7) is 6.20. The minimum Gasteiger partial charge on any atom is -0.329 e. The lowest BCUT2D eigenvalue weighted by Crippen LogP contribution is -2.16. The average molecular weight is 283 g/mol. The second-order valence-electron chi connectivity index (χ2n) is 5.24. The van der Waals surface area contributed by atoms with Gasteiger partial charge in [0.15, 0.2) is 0 Å². The lowest BCUT2D eigenvalue weighted by Gasteiger charge is -2.19. The molecule has 2 rings (SSSR count). The van der Waals surface area contributed by atoms with Crippen molar-refractivity contribution in [2.75, 3.05) is 18.5 Å². The molecule has 0 bridgehead atoms. The number of aryl methyl sites for hydroxylation is 1. The number of anilines is 2. The fourth-order valence-electron chi connectivity index (χ4n) is 2.23. The van der Waals surface area contributed by atoms with Gasteiger partial charge in [0.1, 0.15) is 5.82 Å². The topological polar surface area (TPSA) is 28.2 Å². The maximum Gasteiger partial charge on any atom is 0.133 e. The first kappa shape index (κ1) is 15.5. The molecule has 0 aliphatic carbocycles. The van der Waals surface area contributed by atoms with Gasteiger partial charge in [0, 0.05) is 19.3 Å². The second kappa shape index (κ2) is 7.79. The molecule has 2 aromatic rings. The van der Waals surface area contributed by atoms with E-state index in [0.29, 0.717) is 0 Å². The molecule has 0 unspecified atom stereocenters. The zero-order valence-electron chi connectivity index (χ0n) is 13.3. The number of aromatic nitrogens is 1. The van der Waals surface area contributed by atoms with E-state index in [1.807, 2.05) is 0 Å². The predicted octanol–water partition coefficient (Wildman–Crippen LogP) is 3.91. The van der Waals surface area contributed by atoms with Gasteiger partial charge in [0.05, 0.1) is 5.69 Å². The SMILES string of the molecule is CCCNCc1cccc(N(C)c2ccc(CC)cc2)n1. The molecule has 0 atom stereocenters. The Morgan fingerprint density at radius 2 is 1.81 bits per heavy atom. The van der Waals surface area contributed by atoms with Crippen molar-refractivity contribution in [1.82, 2.24) is 10.3 Å². The van der Waals surface area contributed by atoms with E-state index in [0.717, 1.165) is 37.4 Å². The number of pyridine rings is 1. The monoisotopic (exact) mass is 283 g/mol. The highest BCUT2D eigenvalue weighted by molar-refractivity contribution is 5.59. The van der Waals surface area contributed by atoms with Crippen molar-refractivity contribution in [3.8, 4) is 0 Å². The molecular weight excluding hydrogens is 258 g/mol. The number of nitrogens with one attached hydrogen (secondary N) is 1. The van der Waals surface area contributed by atoms with Crippen LogP contribution in [0.3, 0.4) is 0 Å². The lowest BCUT2D eigenvalue weighted by atomic mass is 10.1. The second-order valence-corrected chi connectivity index (χ2v) is 5.24. The molecule has 0 spiro atoms. The van der Waals surface area contributed by atoms with Crippen molar-refractivity contribution >= 4 is 11.5 Å². The van der Waals surface area contributed by atoms with Gasteiger partial charge in [-0.2, -0.15) is 0 Å². The maximum atomic E-state index is 4.73. The third-order valence-corrected chi connectivity index (χ3v) is 3.60. The first-order valence-corrected chi connectivity index (χ1v) is 7.74. The van der Waals surface area contributed by atoms with Crippen LogP contribution in [0.4, 0.5) is 11.5 Å². The first-order chi connectivity index (χ1) is 10.2. The third kappa shape index (κ3) is 4.30. The van der Waals surface area contributed by atoms with Gasteiger partial charge in [-0.1, -0.05) is 32.0 Å². The van der Waals surface area contributed by atoms with Gasteiger partial charge < -0.3 is 10.2 Å². The Morgan fingerprint density at radius 3 is 2.48 bits per heavy atom. The summed E-state index contributed by atoms with van der Waals surface area (Å²) < 4.78 is 0. The molecule has 0 saturated carbocycles. The lowest BCUT2D eigenvalue weighted by molar-refractivity contribution is 0.664. The molecular formula is C18H25N3. The van der Waals surface area contributed by atoms with Crippen LogP contribution in [0.1, 0.15) is 31.5 Å². The van der Waals surface area contributed by atoms with Crippen LogP contribution in [-0.4, -0.2) is 18.6 Å². The first-order valence-electron chi connectivity index (χ1n) is 7.74. The zero-order chi connectivity index (χ0) is 15.1. The highest BCUT2D eigenvalue weighted by atomic mass is 15.2. The number of nitrogens with zero attached hydrogens (tertiary/aromatic N) is 2. The van der Waals surface area contributed by atoms with Crippen LogP contribution in [0.25, 0.3) is 0 Å². The van der Waals surface area contributed by atoms with Gasteiger partial charge in [-0.05, 0) is 49.2 Å². The summed E-state index contributed by atoms with van der Waals surface area (Å²) in [5.41, 5.74) is 3.61. The van der Waals surface area contributed by atoms with Crippen LogP contribution >= 0.6 is 0 Å². The Kier molecular flexibility index (Phi) is 5.76. The Hall–Kier alpha value is -1.87. The van der Waals surface area contributed by atoms with Gasteiger partial charge in [0.25, 0.3) is 0 Å². The molecule has 0 fully saturated rings. The van der Waals surface area contributed by atoms with Gasteiger partial charge in [0.2, 0.25) is 0 Å². The number of rotatable bonds is 7. The van der Waals surface area contributed by atoms with Crippen LogP contribution in [-0.2, 0) is 13.0 Å². The number of hydrogen-bond acceptors (Lipinski definition) is 3. The highest BCUT2D eigenvalue weighted by Crippen LogP contribution is 2.22. The van der Waals surface area contributed by atoms with Gasteiger partial charge in [-0.25, -0.2) is 4.98 Å². The van der Waals surface area contributed by atoms with E-state index in [9.17, 15) is 0 Å². The van der Waals surface area contributed by atoms with Gasteiger partial charge in [-0.3, -0.25) is 0 Å². The summed E-state index contributed by atoms with van der Waals surface area (Å²) in [6.07, 6.45) is 2.21. The summed E-state index contributed by atoms with van der Waals surface area (Å²) in [6, 6.07) is 14.9. The van der Waals surface area contributed by atoms with Crippen LogP contribution in [0.15, 0.2) is 42.5 Å². The molecule has 0 aliphatic rings. The normalized spacial score (nSPS) is 10.6. The minimum absolute atomic E-state index is 0.824. The smallest absolute Gasteiger partial charge is 0.133 e. The predicted molar refractivity (Wildman–Crippen MR) is 90.1 cm³/mol. The van der Waals surface area contributed by atoms with Gasteiger partial charge >= 0.3 is 0 Å². The van der Waals surface area contributed by atoms with Crippen LogP contribution in [0.2, 0.25) is 0 Å². The van der Waals surface area contributed by atoms with E-state index in [2.05, 4.69) is 73.6 Å². The summed E-state index contributed by atoms with van der Waals surface area (Å²) in [5, 5.41) is 3.39. The summed E-state index contributed by atoms with van der Waals surface area (Å²) in [4.78, 5) is 6.85. The molecule has 3 nitrogen and oxygen atoms in total. The van der Waals surface area contributed by atoms with E-state index in [-0.39, 0.29) is 0 Å². The Balaban J connectivity index is 2.10. The molecule has 21 heavy (non-hydrogen) atoms. The standard InChI is InChI=1S/C18H25N3/c1-4-13-19-14-16-7-6-8-18(20-16)21(3)17-11-9-15(5-2)10-12-17/h6-12,19H,4-5,13-14H2,1-3H3. The fraction of sp³-hybridized carbons (Fsp3) is 0.389. The van der Waals surface area contributed by atoms with Crippen molar-refractivity contribution in [2.45, 2.75) is 33.2 Å². The largest absolute Gasteiger partial charge is 0.329 e. The Labute approximate surface area is 128 Å². The maximum absolute atomic E-state index is 4.73. The average Bonchev–Trinajstić information content (AvgIpc) is 2.55. The van der Waals surface area contributed by atoms with Crippen molar-refractivity contribution in [2.24, 2.45) is 0 Å². The third-order valence-electron chi connectivity index (χ3n) is 3.60. The summed E-state index contributed by atoms with van der Waals surface area (Å²) >= 11 is 0. The van der Waals surface area contributed by atoms with Crippen LogP contribution in [0, 0.1) is 0 Å². The zero-order valence-corrected chi connectivity index (χ0v) is 13.3. The van der Waals surface area contributed by atoms with Gasteiger partial charge in [-0.15, -0.1) is 0 Å². The number of benzene rings is 1. The Bertz CT molecular complexity index is 549. The summed E-state index contributed by atoms with van der Waals surface area (Å²) in [7, 11) is 2.06. The molecule has 1 aromatic heterocycles. The van der Waals surface area contributed by atoms with Crippen molar-refractivity contribution in [1.29, 1.82) is 0 Å². The van der Waals surface area contributed by atoms with Crippen LogP contribution in [0.5, 0.6) is 0 Å².